The molecule has 1 atom stereocenters. The summed E-state index contributed by atoms with van der Waals surface area (Å²) in [5.41, 5.74) is 0.978. The summed E-state index contributed by atoms with van der Waals surface area (Å²) >= 11 is -1.29. The fourth-order valence-electron chi connectivity index (χ4n) is 3.65. The molecule has 0 amide bonds. The molecule has 150 valence electrons. The number of esters is 1. The van der Waals surface area contributed by atoms with Gasteiger partial charge in [-0.25, -0.2) is 4.79 Å². The molecular weight excluding hydrogens is 388 g/mol. The van der Waals surface area contributed by atoms with E-state index in [1.54, 1.807) is 42.6 Å². The normalized spacial score (nSPS) is 15.5. The number of pyridine rings is 1. The molecule has 0 spiro atoms. The van der Waals surface area contributed by atoms with Crippen LogP contribution < -0.4 is 5.56 Å². The Morgan fingerprint density at radius 3 is 2.55 bits per heavy atom. The van der Waals surface area contributed by atoms with Gasteiger partial charge >= 0.3 is 5.97 Å². The highest BCUT2D eigenvalue weighted by molar-refractivity contribution is 7.89. The van der Waals surface area contributed by atoms with Crippen LogP contribution in [0.15, 0.2) is 64.4 Å². The monoisotopic (exact) mass is 410 g/mol. The molecule has 2 aromatic carbocycles. The Morgan fingerprint density at radius 2 is 1.83 bits per heavy atom. The molecule has 6 nitrogen and oxygen atoms in total. The summed E-state index contributed by atoms with van der Waals surface area (Å²) in [5.74, 6) is -0.487. The molecule has 1 saturated heterocycles. The van der Waals surface area contributed by atoms with Crippen molar-refractivity contribution in [1.29, 1.82) is 0 Å². The molecule has 1 aliphatic rings. The number of hydrogen-bond donors (Lipinski definition) is 0. The van der Waals surface area contributed by atoms with Gasteiger partial charge in [-0.05, 0) is 49.6 Å². The second-order valence-corrected chi connectivity index (χ2v) is 8.53. The van der Waals surface area contributed by atoms with Crippen molar-refractivity contribution < 1.29 is 14.1 Å². The van der Waals surface area contributed by atoms with Gasteiger partial charge in [-0.1, -0.05) is 24.3 Å². The van der Waals surface area contributed by atoms with Crippen LogP contribution in [0.5, 0.6) is 0 Å². The average Bonchev–Trinajstić information content (AvgIpc) is 3.29. The average molecular weight is 410 g/mol. The van der Waals surface area contributed by atoms with E-state index in [-0.39, 0.29) is 12.3 Å². The predicted octanol–water partition coefficient (Wildman–Crippen LogP) is 3.24. The van der Waals surface area contributed by atoms with Gasteiger partial charge in [-0.3, -0.25) is 9.36 Å². The molecule has 0 radical (unpaired) electrons. The summed E-state index contributed by atoms with van der Waals surface area (Å²) in [7, 11) is 0. The van der Waals surface area contributed by atoms with Crippen molar-refractivity contribution >= 4 is 28.1 Å². The standard InChI is InChI=1S/C22H22N2O4S/c1-16-14-23(15-28-22(26)17-8-3-2-4-9-17)21(25)18-10-7-11-19(20(16)18)29(27)24-12-5-6-13-24/h2-4,7-11,14H,5-6,12-13,15H2,1H3. The third-order valence-electron chi connectivity index (χ3n) is 5.09. The van der Waals surface area contributed by atoms with Crippen LogP contribution in [0.3, 0.4) is 0 Å². The topological polar surface area (TPSA) is 74.6 Å². The van der Waals surface area contributed by atoms with Crippen LogP contribution in [0.4, 0.5) is 0 Å². The molecule has 1 unspecified atom stereocenters. The third kappa shape index (κ3) is 3.94. The number of carbonyl (C=O) groups excluding carboxylic acids is 1. The van der Waals surface area contributed by atoms with Gasteiger partial charge in [0.2, 0.25) is 0 Å². The van der Waals surface area contributed by atoms with E-state index in [9.17, 15) is 14.1 Å². The first kappa shape index (κ1) is 19.7. The molecule has 7 heteroatoms. The SMILES string of the molecule is Cc1cn(COC(=O)c2ccccc2)c(=O)c2cccc([S+]([O-])N3CCCC3)c12. The zero-order valence-electron chi connectivity index (χ0n) is 16.2. The number of benzene rings is 2. The largest absolute Gasteiger partial charge is 0.593 e. The molecule has 0 bridgehead atoms. The number of carbonyl (C=O) groups is 1. The lowest BCUT2D eigenvalue weighted by Gasteiger charge is -2.20. The zero-order valence-corrected chi connectivity index (χ0v) is 17.0. The lowest BCUT2D eigenvalue weighted by molar-refractivity contribution is 0.0366. The minimum absolute atomic E-state index is 0.178. The van der Waals surface area contributed by atoms with E-state index in [0.717, 1.165) is 31.5 Å². The Balaban J connectivity index is 1.65. The highest BCUT2D eigenvalue weighted by atomic mass is 32.2. The highest BCUT2D eigenvalue weighted by Crippen LogP contribution is 2.28. The maximum atomic E-state index is 13.0. The van der Waals surface area contributed by atoms with Crippen LogP contribution in [-0.4, -0.2) is 32.5 Å². The quantitative estimate of drug-likeness (QED) is 0.477. The van der Waals surface area contributed by atoms with Crippen LogP contribution >= 0.6 is 0 Å². The van der Waals surface area contributed by atoms with Crippen LogP contribution in [0.2, 0.25) is 0 Å². The second kappa shape index (κ2) is 8.41. The lowest BCUT2D eigenvalue weighted by atomic mass is 10.1. The molecule has 3 aromatic rings. The van der Waals surface area contributed by atoms with E-state index in [1.807, 2.05) is 23.4 Å². The summed E-state index contributed by atoms with van der Waals surface area (Å²) < 4.78 is 21.7. The molecule has 29 heavy (non-hydrogen) atoms. The summed E-state index contributed by atoms with van der Waals surface area (Å²) in [6, 6.07) is 14.0. The fourth-order valence-corrected chi connectivity index (χ4v) is 5.16. The van der Waals surface area contributed by atoms with Crippen LogP contribution in [0.25, 0.3) is 10.8 Å². The van der Waals surface area contributed by atoms with E-state index in [2.05, 4.69) is 0 Å². The maximum absolute atomic E-state index is 13.0. The van der Waals surface area contributed by atoms with Gasteiger partial charge in [-0.15, -0.1) is 4.31 Å². The molecule has 2 heterocycles. The van der Waals surface area contributed by atoms with Gasteiger partial charge in [-0.2, -0.15) is 0 Å². The predicted molar refractivity (Wildman–Crippen MR) is 112 cm³/mol. The molecule has 1 aliphatic heterocycles. The zero-order chi connectivity index (χ0) is 20.4. The van der Waals surface area contributed by atoms with Crippen LogP contribution in [-0.2, 0) is 22.8 Å². The van der Waals surface area contributed by atoms with E-state index in [1.165, 1.54) is 4.57 Å². The number of aryl methyl sites for hydroxylation is 1. The number of ether oxygens (including phenoxy) is 1. The van der Waals surface area contributed by atoms with Gasteiger partial charge in [0.1, 0.15) is 0 Å². The fraction of sp³-hybridized carbons (Fsp3) is 0.273. The minimum Gasteiger partial charge on any atom is -0.593 e. The van der Waals surface area contributed by atoms with Crippen molar-refractivity contribution in [2.24, 2.45) is 0 Å². The number of fused-ring (bicyclic) bond motifs is 1. The first-order valence-corrected chi connectivity index (χ1v) is 10.7. The van der Waals surface area contributed by atoms with Gasteiger partial charge in [0.25, 0.3) is 5.56 Å². The molecule has 1 fully saturated rings. The summed E-state index contributed by atoms with van der Waals surface area (Å²) in [6.45, 7) is 3.30. The van der Waals surface area contributed by atoms with Crippen molar-refractivity contribution in [3.63, 3.8) is 0 Å². The Labute approximate surface area is 172 Å². The van der Waals surface area contributed by atoms with Crippen molar-refractivity contribution in [2.75, 3.05) is 13.1 Å². The first-order chi connectivity index (χ1) is 14.1. The third-order valence-corrected chi connectivity index (χ3v) is 6.64. The van der Waals surface area contributed by atoms with E-state index in [4.69, 9.17) is 4.74 Å². The molecule has 1 aromatic heterocycles. The number of nitrogens with zero attached hydrogens (tertiary/aromatic N) is 2. The number of aromatic nitrogens is 1. The van der Waals surface area contributed by atoms with Crippen molar-refractivity contribution in [3.8, 4) is 0 Å². The summed E-state index contributed by atoms with van der Waals surface area (Å²) in [6.07, 6.45) is 3.73. The minimum atomic E-state index is -1.29. The lowest BCUT2D eigenvalue weighted by Crippen LogP contribution is -2.29. The number of hydrogen-bond acceptors (Lipinski definition) is 5. The van der Waals surface area contributed by atoms with Gasteiger partial charge in [0, 0.05) is 24.7 Å². The van der Waals surface area contributed by atoms with E-state index >= 15 is 0 Å². The molecule has 0 N–H and O–H groups in total. The van der Waals surface area contributed by atoms with E-state index in [0.29, 0.717) is 21.2 Å². The van der Waals surface area contributed by atoms with Gasteiger partial charge in [0.05, 0.1) is 22.3 Å². The Bertz CT molecular complexity index is 1090. The molecule has 4 rings (SSSR count). The van der Waals surface area contributed by atoms with Crippen LogP contribution in [0.1, 0.15) is 28.8 Å². The smallest absolute Gasteiger partial charge is 0.339 e. The van der Waals surface area contributed by atoms with Crippen LogP contribution in [0, 0.1) is 6.92 Å². The van der Waals surface area contributed by atoms with E-state index < -0.39 is 17.3 Å². The van der Waals surface area contributed by atoms with Crippen molar-refractivity contribution in [2.45, 2.75) is 31.4 Å². The second-order valence-electron chi connectivity index (χ2n) is 7.08. The number of rotatable bonds is 5. The van der Waals surface area contributed by atoms with Gasteiger partial charge in [0.15, 0.2) is 11.6 Å². The Hall–Kier alpha value is -2.61. The summed E-state index contributed by atoms with van der Waals surface area (Å²) in [5, 5.41) is 1.19. The van der Waals surface area contributed by atoms with Gasteiger partial charge < -0.3 is 9.29 Å². The first-order valence-electron chi connectivity index (χ1n) is 9.58. The molecule has 0 saturated carbocycles. The molecular formula is C22H22N2O4S. The van der Waals surface area contributed by atoms with Crippen molar-refractivity contribution in [3.05, 3.63) is 76.2 Å². The maximum Gasteiger partial charge on any atom is 0.339 e. The summed E-state index contributed by atoms with van der Waals surface area (Å²) in [4.78, 5) is 25.8. The molecule has 0 aliphatic carbocycles. The Morgan fingerprint density at radius 1 is 1.10 bits per heavy atom. The highest BCUT2D eigenvalue weighted by Gasteiger charge is 2.28. The Kier molecular flexibility index (Phi) is 5.71. The van der Waals surface area contributed by atoms with Crippen molar-refractivity contribution in [1.82, 2.24) is 8.87 Å².